The summed E-state index contributed by atoms with van der Waals surface area (Å²) in [6, 6.07) is 0. The van der Waals surface area contributed by atoms with Crippen molar-refractivity contribution < 1.29 is 15.0 Å². The van der Waals surface area contributed by atoms with Crippen molar-refractivity contribution in [1.29, 1.82) is 0 Å². The van der Waals surface area contributed by atoms with E-state index in [4.69, 9.17) is 15.9 Å². The van der Waals surface area contributed by atoms with Gasteiger partial charge < -0.3 is 21.3 Å². The van der Waals surface area contributed by atoms with E-state index in [-0.39, 0.29) is 19.1 Å². The molecule has 0 radical (unpaired) electrons. The van der Waals surface area contributed by atoms with Gasteiger partial charge in [-0.15, -0.1) is 0 Å². The minimum atomic E-state index is -0.945. The summed E-state index contributed by atoms with van der Waals surface area (Å²) in [4.78, 5) is 15.8. The molecule has 6 nitrogen and oxygen atoms in total. The fourth-order valence-corrected chi connectivity index (χ4v) is 1.73. The van der Waals surface area contributed by atoms with Gasteiger partial charge in [0.2, 0.25) is 0 Å². The molecule has 0 fully saturated rings. The first kappa shape index (κ1) is 11.9. The standard InChI is InChI=1S/C8H13N3O3S/c1-4-6(15-8(9)11-4)7(14)10-2-5(13)3-12/h5,12-13H,2-3H2,1H3,(H2,9,11)(H,10,14). The van der Waals surface area contributed by atoms with E-state index in [1.165, 1.54) is 0 Å². The molecule has 0 aliphatic rings. The summed E-state index contributed by atoms with van der Waals surface area (Å²) in [6.07, 6.45) is -0.945. The van der Waals surface area contributed by atoms with Gasteiger partial charge in [0, 0.05) is 6.54 Å². The van der Waals surface area contributed by atoms with E-state index in [0.717, 1.165) is 11.3 Å². The average molecular weight is 231 g/mol. The van der Waals surface area contributed by atoms with Crippen molar-refractivity contribution in [3.63, 3.8) is 0 Å². The zero-order valence-corrected chi connectivity index (χ0v) is 9.04. The second kappa shape index (κ2) is 5.06. The summed E-state index contributed by atoms with van der Waals surface area (Å²) < 4.78 is 0. The lowest BCUT2D eigenvalue weighted by molar-refractivity contribution is 0.0804. The number of nitrogen functional groups attached to an aromatic ring is 1. The largest absolute Gasteiger partial charge is 0.394 e. The molecule has 1 aromatic rings. The van der Waals surface area contributed by atoms with Gasteiger partial charge in [-0.25, -0.2) is 4.98 Å². The summed E-state index contributed by atoms with van der Waals surface area (Å²) in [7, 11) is 0. The number of nitrogens with zero attached hydrogens (tertiary/aromatic N) is 1. The van der Waals surface area contributed by atoms with Crippen molar-refractivity contribution in [3.05, 3.63) is 10.6 Å². The van der Waals surface area contributed by atoms with Crippen molar-refractivity contribution >= 4 is 22.4 Å². The molecule has 5 N–H and O–H groups in total. The van der Waals surface area contributed by atoms with Crippen molar-refractivity contribution in [3.8, 4) is 0 Å². The summed E-state index contributed by atoms with van der Waals surface area (Å²) in [5, 5.41) is 20.4. The minimum absolute atomic E-state index is 0.00653. The fourth-order valence-electron chi connectivity index (χ4n) is 0.983. The molecular weight excluding hydrogens is 218 g/mol. The second-order valence-electron chi connectivity index (χ2n) is 3.01. The maximum atomic E-state index is 11.5. The Bertz CT molecular complexity index is 353. The first-order chi connectivity index (χ1) is 7.04. The molecule has 0 aromatic carbocycles. The fraction of sp³-hybridized carbons (Fsp3) is 0.500. The Morgan fingerprint density at radius 1 is 1.73 bits per heavy atom. The van der Waals surface area contributed by atoms with Gasteiger partial charge in [0.25, 0.3) is 5.91 Å². The summed E-state index contributed by atoms with van der Waals surface area (Å²) >= 11 is 1.09. The number of carbonyl (C=O) groups excluding carboxylic acids is 1. The van der Waals surface area contributed by atoms with Gasteiger partial charge in [-0.05, 0) is 6.92 Å². The number of aryl methyl sites for hydroxylation is 1. The number of aromatic nitrogens is 1. The Labute approximate surface area is 90.8 Å². The maximum Gasteiger partial charge on any atom is 0.263 e. The van der Waals surface area contributed by atoms with Gasteiger partial charge in [0.15, 0.2) is 5.13 Å². The van der Waals surface area contributed by atoms with Crippen LogP contribution in [-0.4, -0.2) is 40.4 Å². The number of thiazole rings is 1. The Morgan fingerprint density at radius 3 is 2.87 bits per heavy atom. The smallest absolute Gasteiger partial charge is 0.263 e. The predicted octanol–water partition coefficient (Wildman–Crippen LogP) is -0.883. The predicted molar refractivity (Wildman–Crippen MR) is 56.7 cm³/mol. The SMILES string of the molecule is Cc1nc(N)sc1C(=O)NCC(O)CO. The van der Waals surface area contributed by atoms with Gasteiger partial charge in [-0.3, -0.25) is 4.79 Å². The Balaban J connectivity index is 2.58. The monoisotopic (exact) mass is 231 g/mol. The van der Waals surface area contributed by atoms with Crippen molar-refractivity contribution in [1.82, 2.24) is 10.3 Å². The van der Waals surface area contributed by atoms with Crippen LogP contribution in [0.2, 0.25) is 0 Å². The van der Waals surface area contributed by atoms with E-state index in [9.17, 15) is 4.79 Å². The number of nitrogens with one attached hydrogen (secondary N) is 1. The Hall–Kier alpha value is -1.18. The van der Waals surface area contributed by atoms with Crippen molar-refractivity contribution in [2.45, 2.75) is 13.0 Å². The number of hydrogen-bond acceptors (Lipinski definition) is 6. The molecule has 0 aliphatic heterocycles. The molecule has 1 rings (SSSR count). The molecule has 1 aromatic heterocycles. The Morgan fingerprint density at radius 2 is 2.40 bits per heavy atom. The molecule has 84 valence electrons. The third-order valence-electron chi connectivity index (χ3n) is 1.73. The number of anilines is 1. The molecule has 15 heavy (non-hydrogen) atoms. The molecule has 7 heteroatoms. The molecular formula is C8H13N3O3S. The zero-order valence-electron chi connectivity index (χ0n) is 8.23. The summed E-state index contributed by atoms with van der Waals surface area (Å²) in [5.74, 6) is -0.339. The van der Waals surface area contributed by atoms with Gasteiger partial charge in [-0.1, -0.05) is 11.3 Å². The van der Waals surface area contributed by atoms with Crippen molar-refractivity contribution in [2.24, 2.45) is 0 Å². The number of amides is 1. The molecule has 0 spiro atoms. The summed E-state index contributed by atoms with van der Waals surface area (Å²) in [5.41, 5.74) is 6.00. The van der Waals surface area contributed by atoms with Crippen LogP contribution < -0.4 is 11.1 Å². The lowest BCUT2D eigenvalue weighted by atomic mass is 10.3. The highest BCUT2D eigenvalue weighted by molar-refractivity contribution is 7.17. The number of hydrogen-bond donors (Lipinski definition) is 4. The zero-order chi connectivity index (χ0) is 11.4. The van der Waals surface area contributed by atoms with Crippen LogP contribution in [0, 0.1) is 6.92 Å². The van der Waals surface area contributed by atoms with Crippen LogP contribution >= 0.6 is 11.3 Å². The molecule has 1 heterocycles. The van der Waals surface area contributed by atoms with Crippen LogP contribution in [-0.2, 0) is 0 Å². The third-order valence-corrected chi connectivity index (χ3v) is 2.71. The van der Waals surface area contributed by atoms with E-state index in [1.807, 2.05) is 0 Å². The quantitative estimate of drug-likeness (QED) is 0.538. The summed E-state index contributed by atoms with van der Waals surface area (Å²) in [6.45, 7) is 1.31. The topological polar surface area (TPSA) is 108 Å². The van der Waals surface area contributed by atoms with Gasteiger partial charge in [-0.2, -0.15) is 0 Å². The molecule has 0 bridgehead atoms. The molecule has 1 amide bonds. The maximum absolute atomic E-state index is 11.5. The molecule has 0 saturated carbocycles. The highest BCUT2D eigenvalue weighted by atomic mass is 32.1. The highest BCUT2D eigenvalue weighted by Crippen LogP contribution is 2.19. The number of aliphatic hydroxyl groups is 2. The molecule has 0 aliphatic carbocycles. The number of nitrogens with two attached hydrogens (primary N) is 1. The number of carbonyl (C=O) groups is 1. The lowest BCUT2D eigenvalue weighted by Gasteiger charge is -2.07. The van der Waals surface area contributed by atoms with E-state index in [2.05, 4.69) is 10.3 Å². The molecule has 1 atom stereocenters. The van der Waals surface area contributed by atoms with Gasteiger partial charge in [0.05, 0.1) is 18.4 Å². The van der Waals surface area contributed by atoms with E-state index in [0.29, 0.717) is 15.7 Å². The van der Waals surface area contributed by atoms with E-state index < -0.39 is 6.10 Å². The van der Waals surface area contributed by atoms with Crippen molar-refractivity contribution in [2.75, 3.05) is 18.9 Å². The first-order valence-corrected chi connectivity index (χ1v) is 5.16. The Kier molecular flexibility index (Phi) is 4.01. The second-order valence-corrected chi connectivity index (χ2v) is 4.04. The first-order valence-electron chi connectivity index (χ1n) is 4.34. The number of rotatable bonds is 4. The normalized spacial score (nSPS) is 12.5. The van der Waals surface area contributed by atoms with Crippen LogP contribution in [0.15, 0.2) is 0 Å². The third kappa shape index (κ3) is 3.15. The van der Waals surface area contributed by atoms with Crippen LogP contribution in [0.3, 0.4) is 0 Å². The van der Waals surface area contributed by atoms with Crippen LogP contribution in [0.1, 0.15) is 15.4 Å². The highest BCUT2D eigenvalue weighted by Gasteiger charge is 2.14. The average Bonchev–Trinajstić information content (AvgIpc) is 2.53. The molecule has 1 unspecified atom stereocenters. The lowest BCUT2D eigenvalue weighted by Crippen LogP contribution is -2.33. The van der Waals surface area contributed by atoms with Crippen LogP contribution in [0.5, 0.6) is 0 Å². The van der Waals surface area contributed by atoms with Gasteiger partial charge in [0.1, 0.15) is 4.88 Å². The minimum Gasteiger partial charge on any atom is -0.394 e. The van der Waals surface area contributed by atoms with Gasteiger partial charge >= 0.3 is 0 Å². The molecule has 0 saturated heterocycles. The van der Waals surface area contributed by atoms with Crippen LogP contribution in [0.25, 0.3) is 0 Å². The number of aliphatic hydroxyl groups excluding tert-OH is 2. The van der Waals surface area contributed by atoms with Crippen LogP contribution in [0.4, 0.5) is 5.13 Å². The van der Waals surface area contributed by atoms with E-state index in [1.54, 1.807) is 6.92 Å². The van der Waals surface area contributed by atoms with E-state index >= 15 is 0 Å².